The third-order valence-corrected chi connectivity index (χ3v) is 5.62. The minimum absolute atomic E-state index is 0.0692. The van der Waals surface area contributed by atoms with E-state index in [1.165, 1.54) is 19.4 Å². The van der Waals surface area contributed by atoms with Gasteiger partial charge in [-0.25, -0.2) is 9.59 Å². The molecular weight excluding hydrogens is 412 g/mol. The number of hydrogen-bond donors (Lipinski definition) is 4. The van der Waals surface area contributed by atoms with Gasteiger partial charge in [-0.3, -0.25) is 0 Å². The molecule has 0 radical (unpaired) electrons. The summed E-state index contributed by atoms with van der Waals surface area (Å²) in [7, 11) is 1.24. The largest absolute Gasteiger partial charge is 0.464 e. The Morgan fingerprint density at radius 1 is 1.06 bits per heavy atom. The van der Waals surface area contributed by atoms with Crippen LogP contribution in [-0.2, 0) is 9.47 Å². The van der Waals surface area contributed by atoms with Gasteiger partial charge in [0, 0.05) is 24.2 Å². The van der Waals surface area contributed by atoms with E-state index in [1.54, 1.807) is 0 Å². The molecule has 4 N–H and O–H groups in total. The highest BCUT2D eigenvalue weighted by Gasteiger charge is 2.29. The lowest BCUT2D eigenvalue weighted by Gasteiger charge is -2.18. The first-order chi connectivity index (χ1) is 15.5. The first kappa shape index (κ1) is 21.6. The summed E-state index contributed by atoms with van der Waals surface area (Å²) in [5.41, 5.74) is 4.92. The van der Waals surface area contributed by atoms with Gasteiger partial charge in [0.15, 0.2) is 0 Å². The van der Waals surface area contributed by atoms with Crippen LogP contribution < -0.4 is 5.32 Å². The number of esters is 1. The second-order valence-electron chi connectivity index (χ2n) is 7.56. The van der Waals surface area contributed by atoms with Crippen LogP contribution in [0.5, 0.6) is 0 Å². The molecule has 2 aromatic carbocycles. The molecule has 1 aliphatic carbocycles. The number of ether oxygens (including phenoxy) is 2. The first-order valence-corrected chi connectivity index (χ1v) is 10.2. The molecule has 2 atom stereocenters. The van der Waals surface area contributed by atoms with Gasteiger partial charge in [-0.2, -0.15) is 0 Å². The lowest BCUT2D eigenvalue weighted by Crippen LogP contribution is -2.36. The quantitative estimate of drug-likeness (QED) is 0.423. The number of aromatic nitrogens is 1. The molecule has 0 saturated heterocycles. The van der Waals surface area contributed by atoms with E-state index < -0.39 is 24.3 Å². The van der Waals surface area contributed by atoms with Crippen LogP contribution in [0.2, 0.25) is 0 Å². The molecule has 1 amide bonds. The van der Waals surface area contributed by atoms with Crippen LogP contribution in [0.4, 0.5) is 4.79 Å². The SMILES string of the molecule is COC(=O)c1cc(C(O)C(O)CNC(=O)OCC2c3ccccc3-c3ccccc32)c[nH]1. The van der Waals surface area contributed by atoms with Crippen molar-refractivity contribution in [2.75, 3.05) is 20.3 Å². The summed E-state index contributed by atoms with van der Waals surface area (Å²) < 4.78 is 10.0. The average molecular weight is 436 g/mol. The summed E-state index contributed by atoms with van der Waals surface area (Å²) in [5.74, 6) is -0.657. The van der Waals surface area contributed by atoms with Crippen molar-refractivity contribution in [1.82, 2.24) is 10.3 Å². The van der Waals surface area contributed by atoms with E-state index in [2.05, 4.69) is 27.2 Å². The summed E-state index contributed by atoms with van der Waals surface area (Å²) in [6.07, 6.45) is -1.90. The molecule has 8 nitrogen and oxygen atoms in total. The number of alkyl carbamates (subject to hydrolysis) is 1. The lowest BCUT2D eigenvalue weighted by molar-refractivity contribution is 0.0186. The van der Waals surface area contributed by atoms with Crippen LogP contribution in [-0.4, -0.2) is 53.6 Å². The summed E-state index contributed by atoms with van der Waals surface area (Å²) >= 11 is 0. The van der Waals surface area contributed by atoms with Gasteiger partial charge in [0.25, 0.3) is 0 Å². The highest BCUT2D eigenvalue weighted by molar-refractivity contribution is 5.87. The highest BCUT2D eigenvalue weighted by Crippen LogP contribution is 2.44. The second kappa shape index (κ2) is 9.25. The Balaban J connectivity index is 1.32. The van der Waals surface area contributed by atoms with E-state index in [-0.39, 0.29) is 24.8 Å². The number of hydrogen-bond acceptors (Lipinski definition) is 6. The fourth-order valence-corrected chi connectivity index (χ4v) is 3.98. The predicted molar refractivity (Wildman–Crippen MR) is 116 cm³/mol. The number of carbonyl (C=O) groups is 2. The van der Waals surface area contributed by atoms with Crippen molar-refractivity contribution in [3.8, 4) is 11.1 Å². The van der Waals surface area contributed by atoms with Crippen molar-refractivity contribution in [1.29, 1.82) is 0 Å². The van der Waals surface area contributed by atoms with E-state index in [0.717, 1.165) is 22.3 Å². The Morgan fingerprint density at radius 2 is 1.69 bits per heavy atom. The van der Waals surface area contributed by atoms with Gasteiger partial charge in [0.1, 0.15) is 24.5 Å². The van der Waals surface area contributed by atoms with Crippen molar-refractivity contribution >= 4 is 12.1 Å². The van der Waals surface area contributed by atoms with Gasteiger partial charge in [0.05, 0.1) is 7.11 Å². The molecule has 0 spiro atoms. The molecule has 4 rings (SSSR count). The standard InChI is InChI=1S/C24H24N2O6/c1-31-23(29)20-10-14(11-25-20)22(28)21(27)12-26-24(30)32-13-19-17-8-4-2-6-15(17)16-7-3-5-9-18(16)19/h2-11,19,21-22,25,27-28H,12-13H2,1H3,(H,26,30). The molecule has 0 aliphatic heterocycles. The number of H-pyrrole nitrogens is 1. The minimum atomic E-state index is -1.31. The normalized spacial score (nSPS) is 14.2. The van der Waals surface area contributed by atoms with Crippen LogP contribution in [0.3, 0.4) is 0 Å². The van der Waals surface area contributed by atoms with Crippen LogP contribution in [0.1, 0.15) is 39.2 Å². The van der Waals surface area contributed by atoms with E-state index >= 15 is 0 Å². The van der Waals surface area contributed by atoms with E-state index in [0.29, 0.717) is 5.56 Å². The number of methoxy groups -OCH3 is 1. The summed E-state index contributed by atoms with van der Waals surface area (Å²) in [6, 6.07) is 17.4. The van der Waals surface area contributed by atoms with E-state index in [1.807, 2.05) is 36.4 Å². The van der Waals surface area contributed by atoms with E-state index in [9.17, 15) is 19.8 Å². The Morgan fingerprint density at radius 3 is 2.31 bits per heavy atom. The number of fused-ring (bicyclic) bond motifs is 3. The molecule has 8 heteroatoms. The second-order valence-corrected chi connectivity index (χ2v) is 7.56. The predicted octanol–water partition coefficient (Wildman–Crippen LogP) is 2.73. The number of amides is 1. The summed E-state index contributed by atoms with van der Waals surface area (Å²) in [5, 5.41) is 23.0. The Labute approximate surface area is 184 Å². The molecule has 0 fully saturated rings. The highest BCUT2D eigenvalue weighted by atomic mass is 16.5. The van der Waals surface area contributed by atoms with Crippen LogP contribution >= 0.6 is 0 Å². The minimum Gasteiger partial charge on any atom is -0.464 e. The topological polar surface area (TPSA) is 121 Å². The molecule has 166 valence electrons. The maximum atomic E-state index is 12.2. The number of rotatable bonds is 7. The molecule has 32 heavy (non-hydrogen) atoms. The van der Waals surface area contributed by atoms with Crippen LogP contribution in [0.15, 0.2) is 60.8 Å². The van der Waals surface area contributed by atoms with Gasteiger partial charge in [-0.05, 0) is 28.3 Å². The molecule has 1 heterocycles. The number of carbonyl (C=O) groups excluding carboxylic acids is 2. The Bertz CT molecular complexity index is 1080. The zero-order valence-corrected chi connectivity index (χ0v) is 17.4. The van der Waals surface area contributed by atoms with Gasteiger partial charge in [-0.1, -0.05) is 48.5 Å². The number of aromatic amines is 1. The van der Waals surface area contributed by atoms with Crippen LogP contribution in [0.25, 0.3) is 11.1 Å². The molecule has 0 bridgehead atoms. The summed E-state index contributed by atoms with van der Waals surface area (Å²) in [6.45, 7) is -0.0740. The Kier molecular flexibility index (Phi) is 6.25. The lowest BCUT2D eigenvalue weighted by atomic mass is 9.98. The molecule has 3 aromatic rings. The van der Waals surface area contributed by atoms with Crippen molar-refractivity contribution < 1.29 is 29.3 Å². The van der Waals surface area contributed by atoms with Crippen molar-refractivity contribution in [2.24, 2.45) is 0 Å². The zero-order chi connectivity index (χ0) is 22.7. The van der Waals surface area contributed by atoms with Crippen molar-refractivity contribution in [3.05, 3.63) is 83.2 Å². The van der Waals surface area contributed by atoms with Crippen molar-refractivity contribution in [2.45, 2.75) is 18.1 Å². The first-order valence-electron chi connectivity index (χ1n) is 10.2. The third kappa shape index (κ3) is 4.23. The smallest absolute Gasteiger partial charge is 0.407 e. The zero-order valence-electron chi connectivity index (χ0n) is 17.4. The molecule has 0 saturated carbocycles. The number of benzene rings is 2. The van der Waals surface area contributed by atoms with E-state index in [4.69, 9.17) is 4.74 Å². The molecule has 1 aromatic heterocycles. The maximum absolute atomic E-state index is 12.2. The molecule has 2 unspecified atom stereocenters. The maximum Gasteiger partial charge on any atom is 0.407 e. The molecule has 1 aliphatic rings. The Hall–Kier alpha value is -3.62. The van der Waals surface area contributed by atoms with Crippen molar-refractivity contribution in [3.63, 3.8) is 0 Å². The average Bonchev–Trinajstić information content (AvgIpc) is 3.44. The van der Waals surface area contributed by atoms with Gasteiger partial charge in [-0.15, -0.1) is 0 Å². The monoisotopic (exact) mass is 436 g/mol. The fourth-order valence-electron chi connectivity index (χ4n) is 3.98. The number of nitrogens with one attached hydrogen (secondary N) is 2. The van der Waals surface area contributed by atoms with Crippen LogP contribution in [0, 0.1) is 0 Å². The molecular formula is C24H24N2O6. The number of aliphatic hydroxyl groups excluding tert-OH is 2. The third-order valence-electron chi connectivity index (χ3n) is 5.62. The number of aliphatic hydroxyl groups is 2. The fraction of sp³-hybridized carbons (Fsp3) is 0.250. The summed E-state index contributed by atoms with van der Waals surface area (Å²) in [4.78, 5) is 26.4. The van der Waals surface area contributed by atoms with Gasteiger partial charge < -0.3 is 30.0 Å². The van der Waals surface area contributed by atoms with Gasteiger partial charge >= 0.3 is 12.1 Å². The van der Waals surface area contributed by atoms with Gasteiger partial charge in [0.2, 0.25) is 0 Å².